The summed E-state index contributed by atoms with van der Waals surface area (Å²) in [5.74, 6) is -0.255. The van der Waals surface area contributed by atoms with E-state index in [-0.39, 0.29) is 11.9 Å². The largest absolute Gasteiger partial charge is 0.389 e. The number of amides is 1. The average Bonchev–Trinajstić information content (AvgIpc) is 2.39. The van der Waals surface area contributed by atoms with Crippen molar-refractivity contribution in [1.82, 2.24) is 0 Å². The number of piperidine rings is 1. The standard InChI is InChI=1S/C14H20N2O2/c1-10(17)11-5-7-12(8-6-11)16-9-3-2-4-13(16)14(15)18/h5-8,10,13,17H,2-4,9H2,1H3,(H2,15,18)/t10-,13?/m1/s1. The number of benzene rings is 1. The Labute approximate surface area is 107 Å². The second-order valence-electron chi connectivity index (χ2n) is 4.87. The second kappa shape index (κ2) is 5.40. The van der Waals surface area contributed by atoms with Crippen LogP contribution in [0.1, 0.15) is 37.9 Å². The number of rotatable bonds is 3. The molecule has 1 heterocycles. The molecule has 1 aliphatic rings. The lowest BCUT2D eigenvalue weighted by molar-refractivity contribution is -0.119. The zero-order valence-electron chi connectivity index (χ0n) is 10.7. The van der Waals surface area contributed by atoms with E-state index in [2.05, 4.69) is 4.90 Å². The number of aliphatic hydroxyl groups excluding tert-OH is 1. The maximum atomic E-state index is 11.5. The minimum absolute atomic E-state index is 0.198. The Kier molecular flexibility index (Phi) is 3.87. The van der Waals surface area contributed by atoms with Gasteiger partial charge in [-0.25, -0.2) is 0 Å². The molecule has 1 amide bonds. The van der Waals surface area contributed by atoms with E-state index in [1.54, 1.807) is 6.92 Å². The molecule has 3 N–H and O–H groups in total. The molecule has 4 nitrogen and oxygen atoms in total. The van der Waals surface area contributed by atoms with E-state index >= 15 is 0 Å². The molecule has 1 aliphatic heterocycles. The fraction of sp³-hybridized carbons (Fsp3) is 0.500. The van der Waals surface area contributed by atoms with E-state index in [1.165, 1.54) is 0 Å². The van der Waals surface area contributed by atoms with Gasteiger partial charge in [-0.15, -0.1) is 0 Å². The maximum absolute atomic E-state index is 11.5. The third-order valence-corrected chi connectivity index (χ3v) is 3.54. The van der Waals surface area contributed by atoms with Gasteiger partial charge in [-0.2, -0.15) is 0 Å². The molecule has 0 aliphatic carbocycles. The molecule has 1 aromatic rings. The van der Waals surface area contributed by atoms with E-state index in [0.29, 0.717) is 0 Å². The number of carbonyl (C=O) groups excluding carboxylic acids is 1. The Morgan fingerprint density at radius 2 is 2.06 bits per heavy atom. The topological polar surface area (TPSA) is 66.6 Å². The van der Waals surface area contributed by atoms with Gasteiger partial charge in [0.15, 0.2) is 0 Å². The number of nitrogens with two attached hydrogens (primary N) is 1. The number of primary amides is 1. The molecule has 1 saturated heterocycles. The summed E-state index contributed by atoms with van der Waals surface area (Å²) in [5, 5.41) is 9.48. The number of aliphatic hydroxyl groups is 1. The zero-order chi connectivity index (χ0) is 13.1. The number of hydrogen-bond acceptors (Lipinski definition) is 3. The fourth-order valence-electron chi connectivity index (χ4n) is 2.48. The minimum atomic E-state index is -0.465. The highest BCUT2D eigenvalue weighted by molar-refractivity contribution is 5.83. The van der Waals surface area contributed by atoms with Gasteiger partial charge in [0, 0.05) is 12.2 Å². The average molecular weight is 248 g/mol. The van der Waals surface area contributed by atoms with E-state index in [1.807, 2.05) is 24.3 Å². The van der Waals surface area contributed by atoms with Crippen molar-refractivity contribution in [1.29, 1.82) is 0 Å². The van der Waals surface area contributed by atoms with Gasteiger partial charge in [-0.3, -0.25) is 4.79 Å². The predicted octanol–water partition coefficient (Wildman–Crippen LogP) is 1.58. The monoisotopic (exact) mass is 248 g/mol. The van der Waals surface area contributed by atoms with Gasteiger partial charge in [0.2, 0.25) is 5.91 Å². The molecule has 98 valence electrons. The van der Waals surface area contributed by atoms with Crippen molar-refractivity contribution in [2.45, 2.75) is 38.3 Å². The summed E-state index contributed by atoms with van der Waals surface area (Å²) < 4.78 is 0. The van der Waals surface area contributed by atoms with Gasteiger partial charge in [0.05, 0.1) is 6.10 Å². The highest BCUT2D eigenvalue weighted by Gasteiger charge is 2.26. The lowest BCUT2D eigenvalue weighted by Gasteiger charge is -2.35. The molecular formula is C14H20N2O2. The van der Waals surface area contributed by atoms with Crippen LogP contribution in [0.2, 0.25) is 0 Å². The van der Waals surface area contributed by atoms with Gasteiger partial charge in [0.1, 0.15) is 6.04 Å². The van der Waals surface area contributed by atoms with Crippen molar-refractivity contribution in [3.63, 3.8) is 0 Å². The van der Waals surface area contributed by atoms with Crippen LogP contribution in [0.3, 0.4) is 0 Å². The van der Waals surface area contributed by atoms with Crippen LogP contribution < -0.4 is 10.6 Å². The molecule has 1 aromatic carbocycles. The molecule has 1 unspecified atom stereocenters. The molecule has 0 spiro atoms. The van der Waals surface area contributed by atoms with Crippen LogP contribution in [0.25, 0.3) is 0 Å². The molecule has 0 saturated carbocycles. The third-order valence-electron chi connectivity index (χ3n) is 3.54. The molecule has 0 bridgehead atoms. The molecule has 0 radical (unpaired) electrons. The summed E-state index contributed by atoms with van der Waals surface area (Å²) in [6.45, 7) is 2.60. The van der Waals surface area contributed by atoms with Gasteiger partial charge in [0.25, 0.3) is 0 Å². The Morgan fingerprint density at radius 1 is 1.39 bits per heavy atom. The number of nitrogens with zero attached hydrogens (tertiary/aromatic N) is 1. The summed E-state index contributed by atoms with van der Waals surface area (Å²) >= 11 is 0. The lowest BCUT2D eigenvalue weighted by atomic mass is 10.00. The highest BCUT2D eigenvalue weighted by atomic mass is 16.3. The summed E-state index contributed by atoms with van der Waals surface area (Å²) in [6.07, 6.45) is 2.50. The molecule has 4 heteroatoms. The zero-order valence-corrected chi connectivity index (χ0v) is 10.7. The molecule has 18 heavy (non-hydrogen) atoms. The predicted molar refractivity (Wildman–Crippen MR) is 71.3 cm³/mol. The van der Waals surface area contributed by atoms with Crippen molar-refractivity contribution in [2.75, 3.05) is 11.4 Å². The van der Waals surface area contributed by atoms with Crippen LogP contribution in [-0.2, 0) is 4.79 Å². The molecule has 2 rings (SSSR count). The van der Waals surface area contributed by atoms with Crippen molar-refractivity contribution >= 4 is 11.6 Å². The number of hydrogen-bond donors (Lipinski definition) is 2. The van der Waals surface area contributed by atoms with Crippen molar-refractivity contribution < 1.29 is 9.90 Å². The third kappa shape index (κ3) is 2.64. The minimum Gasteiger partial charge on any atom is -0.389 e. The summed E-state index contributed by atoms with van der Waals surface area (Å²) in [6, 6.07) is 7.49. The van der Waals surface area contributed by atoms with Crippen LogP contribution in [0.15, 0.2) is 24.3 Å². The highest BCUT2D eigenvalue weighted by Crippen LogP contribution is 2.26. The molecule has 2 atom stereocenters. The van der Waals surface area contributed by atoms with Gasteiger partial charge in [-0.1, -0.05) is 12.1 Å². The van der Waals surface area contributed by atoms with Crippen molar-refractivity contribution in [2.24, 2.45) is 5.73 Å². The van der Waals surface area contributed by atoms with E-state index in [9.17, 15) is 9.90 Å². The molecule has 0 aromatic heterocycles. The van der Waals surface area contributed by atoms with E-state index in [0.717, 1.165) is 37.1 Å². The van der Waals surface area contributed by atoms with Gasteiger partial charge < -0.3 is 15.7 Å². The Bertz CT molecular complexity index is 414. The first kappa shape index (κ1) is 12.9. The van der Waals surface area contributed by atoms with Crippen LogP contribution in [0, 0.1) is 0 Å². The first-order valence-corrected chi connectivity index (χ1v) is 6.43. The van der Waals surface area contributed by atoms with Crippen LogP contribution in [-0.4, -0.2) is 23.6 Å². The van der Waals surface area contributed by atoms with Crippen molar-refractivity contribution in [3.8, 4) is 0 Å². The van der Waals surface area contributed by atoms with Gasteiger partial charge >= 0.3 is 0 Å². The molecular weight excluding hydrogens is 228 g/mol. The van der Waals surface area contributed by atoms with Crippen molar-refractivity contribution in [3.05, 3.63) is 29.8 Å². The number of anilines is 1. The number of carbonyl (C=O) groups is 1. The van der Waals surface area contributed by atoms with Crippen LogP contribution in [0.5, 0.6) is 0 Å². The SMILES string of the molecule is C[C@@H](O)c1ccc(N2CCCCC2C(N)=O)cc1. The second-order valence-corrected chi connectivity index (χ2v) is 4.87. The maximum Gasteiger partial charge on any atom is 0.240 e. The Balaban J connectivity index is 2.20. The molecule has 1 fully saturated rings. The smallest absolute Gasteiger partial charge is 0.240 e. The Morgan fingerprint density at radius 3 is 2.61 bits per heavy atom. The van der Waals surface area contributed by atoms with E-state index in [4.69, 9.17) is 5.73 Å². The van der Waals surface area contributed by atoms with Gasteiger partial charge in [-0.05, 0) is 43.9 Å². The van der Waals surface area contributed by atoms with Crippen LogP contribution in [0.4, 0.5) is 5.69 Å². The van der Waals surface area contributed by atoms with E-state index < -0.39 is 6.10 Å². The first-order chi connectivity index (χ1) is 8.59. The first-order valence-electron chi connectivity index (χ1n) is 6.43. The lowest BCUT2D eigenvalue weighted by Crippen LogP contribution is -2.47. The summed E-state index contributed by atoms with van der Waals surface area (Å²) in [4.78, 5) is 13.5. The Hall–Kier alpha value is -1.55. The summed E-state index contributed by atoms with van der Waals surface area (Å²) in [7, 11) is 0. The van der Waals surface area contributed by atoms with Crippen LogP contribution >= 0.6 is 0 Å². The normalized spacial score (nSPS) is 21.7. The fourth-order valence-corrected chi connectivity index (χ4v) is 2.48. The quantitative estimate of drug-likeness (QED) is 0.853. The summed E-state index contributed by atoms with van der Waals surface area (Å²) in [5.41, 5.74) is 7.34.